The molecule has 0 aromatic rings. The minimum atomic E-state index is 0.381. The van der Waals surface area contributed by atoms with Crippen molar-refractivity contribution in [2.24, 2.45) is 5.92 Å². The third-order valence-corrected chi connectivity index (χ3v) is 1.74. The maximum atomic E-state index is 5.45. The van der Waals surface area contributed by atoms with E-state index in [1.165, 1.54) is 19.3 Å². The summed E-state index contributed by atoms with van der Waals surface area (Å²) >= 11 is 0. The molecule has 0 aliphatic rings. The van der Waals surface area contributed by atoms with Crippen molar-refractivity contribution in [3.8, 4) is 0 Å². The van der Waals surface area contributed by atoms with Gasteiger partial charge in [-0.15, -0.1) is 0 Å². The molecule has 0 saturated heterocycles. The summed E-state index contributed by atoms with van der Waals surface area (Å²) in [6.45, 7) is 9.49. The molecule has 0 radical (unpaired) electrons. The van der Waals surface area contributed by atoms with Crippen LogP contribution in [0.2, 0.25) is 0 Å². The van der Waals surface area contributed by atoms with E-state index in [0.717, 1.165) is 6.61 Å². The first kappa shape index (κ1) is 12.7. The van der Waals surface area contributed by atoms with Gasteiger partial charge in [0, 0.05) is 6.61 Å². The van der Waals surface area contributed by atoms with E-state index in [1.54, 1.807) is 0 Å². The smallest absolute Gasteiger partial charge is 0.0518 e. The molecule has 0 rings (SSSR count). The Labute approximate surface area is 83.2 Å². The summed E-state index contributed by atoms with van der Waals surface area (Å²) in [5.41, 5.74) is 0. The lowest BCUT2D eigenvalue weighted by molar-refractivity contribution is 0.0762. The lowest BCUT2D eigenvalue weighted by atomic mass is 10.1. The monoisotopic (exact) mass is 184 g/mol. The maximum Gasteiger partial charge on any atom is 0.0518 e. The van der Waals surface area contributed by atoms with E-state index < -0.39 is 0 Å². The average Bonchev–Trinajstić information content (AvgIpc) is 2.01. The highest BCUT2D eigenvalue weighted by molar-refractivity contribution is 4.83. The van der Waals surface area contributed by atoms with Crippen LogP contribution in [0.4, 0.5) is 0 Å². The summed E-state index contributed by atoms with van der Waals surface area (Å²) in [6, 6.07) is 0. The Bertz CT molecular complexity index is 125. The van der Waals surface area contributed by atoms with Crippen LogP contribution in [0.1, 0.15) is 47.0 Å². The Balaban J connectivity index is 3.08. The molecule has 0 saturated carbocycles. The third-order valence-electron chi connectivity index (χ3n) is 1.74. The van der Waals surface area contributed by atoms with Crippen molar-refractivity contribution in [2.75, 3.05) is 6.61 Å². The number of rotatable bonds is 7. The topological polar surface area (TPSA) is 9.23 Å². The lowest BCUT2D eigenvalue weighted by Crippen LogP contribution is -2.03. The minimum absolute atomic E-state index is 0.381. The van der Waals surface area contributed by atoms with Crippen LogP contribution in [0, 0.1) is 5.92 Å². The van der Waals surface area contributed by atoms with Crippen molar-refractivity contribution >= 4 is 0 Å². The van der Waals surface area contributed by atoms with Gasteiger partial charge >= 0.3 is 0 Å². The molecule has 0 aliphatic carbocycles. The molecule has 78 valence electrons. The summed E-state index contributed by atoms with van der Waals surface area (Å²) in [4.78, 5) is 0. The Morgan fingerprint density at radius 3 is 2.31 bits per heavy atom. The van der Waals surface area contributed by atoms with Crippen molar-refractivity contribution < 1.29 is 4.74 Å². The van der Waals surface area contributed by atoms with Crippen LogP contribution in [0.25, 0.3) is 0 Å². The SMILES string of the molecule is CC(C)C=CCCCCOC(C)C. The number of allylic oxidation sites excluding steroid dienone is 2. The molecule has 0 spiro atoms. The molecule has 0 amide bonds. The van der Waals surface area contributed by atoms with Crippen LogP contribution < -0.4 is 0 Å². The van der Waals surface area contributed by atoms with Gasteiger partial charge in [-0.25, -0.2) is 0 Å². The third kappa shape index (κ3) is 11.7. The van der Waals surface area contributed by atoms with E-state index >= 15 is 0 Å². The highest BCUT2D eigenvalue weighted by Crippen LogP contribution is 2.01. The van der Waals surface area contributed by atoms with Gasteiger partial charge in [0.05, 0.1) is 6.10 Å². The molecule has 13 heavy (non-hydrogen) atoms. The molecule has 0 atom stereocenters. The highest BCUT2D eigenvalue weighted by Gasteiger charge is 1.92. The first-order valence-corrected chi connectivity index (χ1v) is 5.41. The van der Waals surface area contributed by atoms with E-state index in [9.17, 15) is 0 Å². The Morgan fingerprint density at radius 2 is 1.77 bits per heavy atom. The van der Waals surface area contributed by atoms with Crippen LogP contribution in [0.3, 0.4) is 0 Å². The summed E-state index contributed by atoms with van der Waals surface area (Å²) < 4.78 is 5.45. The van der Waals surface area contributed by atoms with E-state index in [4.69, 9.17) is 4.74 Å². The number of unbranched alkanes of at least 4 members (excludes halogenated alkanes) is 2. The molecule has 0 aromatic heterocycles. The molecule has 1 heteroatoms. The molecule has 0 heterocycles. The van der Waals surface area contributed by atoms with Crippen molar-refractivity contribution in [2.45, 2.75) is 53.1 Å². The van der Waals surface area contributed by atoms with Crippen molar-refractivity contribution in [3.63, 3.8) is 0 Å². The molecule has 1 nitrogen and oxygen atoms in total. The fourth-order valence-corrected chi connectivity index (χ4v) is 1.05. The molecular formula is C12H24O. The van der Waals surface area contributed by atoms with E-state index in [2.05, 4.69) is 39.8 Å². The van der Waals surface area contributed by atoms with Gasteiger partial charge in [-0.3, -0.25) is 0 Å². The maximum absolute atomic E-state index is 5.45. The molecular weight excluding hydrogens is 160 g/mol. The van der Waals surface area contributed by atoms with Gasteiger partial charge in [0.15, 0.2) is 0 Å². The Hall–Kier alpha value is -0.300. The molecule has 0 bridgehead atoms. The Kier molecular flexibility index (Phi) is 8.11. The molecule has 0 unspecified atom stereocenters. The second kappa shape index (κ2) is 8.31. The predicted octanol–water partition coefficient (Wildman–Crippen LogP) is 3.79. The van der Waals surface area contributed by atoms with Gasteiger partial charge in [0.1, 0.15) is 0 Å². The van der Waals surface area contributed by atoms with E-state index in [1.807, 2.05) is 0 Å². The van der Waals surface area contributed by atoms with Crippen molar-refractivity contribution in [1.82, 2.24) is 0 Å². The fraction of sp³-hybridized carbons (Fsp3) is 0.833. The number of hydrogen-bond donors (Lipinski definition) is 0. The van der Waals surface area contributed by atoms with Crippen LogP contribution in [-0.2, 0) is 4.74 Å². The molecule has 0 fully saturated rings. The largest absolute Gasteiger partial charge is 0.379 e. The minimum Gasteiger partial charge on any atom is -0.379 e. The fourth-order valence-electron chi connectivity index (χ4n) is 1.05. The predicted molar refractivity (Wildman–Crippen MR) is 58.9 cm³/mol. The molecule has 0 aromatic carbocycles. The zero-order chi connectivity index (χ0) is 10.1. The standard InChI is InChI=1S/C12H24O/c1-11(2)9-7-5-6-8-10-13-12(3)4/h7,9,11-12H,5-6,8,10H2,1-4H3. The van der Waals surface area contributed by atoms with Gasteiger partial charge in [-0.05, 0) is 39.0 Å². The second-order valence-electron chi connectivity index (χ2n) is 4.09. The normalized spacial score (nSPS) is 12.2. The zero-order valence-electron chi connectivity index (χ0n) is 9.55. The lowest BCUT2D eigenvalue weighted by Gasteiger charge is -2.05. The van der Waals surface area contributed by atoms with Crippen molar-refractivity contribution in [1.29, 1.82) is 0 Å². The first-order chi connectivity index (χ1) is 6.13. The van der Waals surface area contributed by atoms with Crippen molar-refractivity contribution in [3.05, 3.63) is 12.2 Å². The number of ether oxygens (including phenoxy) is 1. The van der Waals surface area contributed by atoms with Gasteiger partial charge in [-0.1, -0.05) is 26.0 Å². The quantitative estimate of drug-likeness (QED) is 0.432. The van der Waals surface area contributed by atoms with Gasteiger partial charge < -0.3 is 4.74 Å². The number of hydrogen-bond acceptors (Lipinski definition) is 1. The second-order valence-corrected chi connectivity index (χ2v) is 4.09. The highest BCUT2D eigenvalue weighted by atomic mass is 16.5. The van der Waals surface area contributed by atoms with Gasteiger partial charge in [0.25, 0.3) is 0 Å². The summed E-state index contributed by atoms with van der Waals surface area (Å²) in [5, 5.41) is 0. The zero-order valence-corrected chi connectivity index (χ0v) is 9.55. The van der Waals surface area contributed by atoms with E-state index in [-0.39, 0.29) is 0 Å². The van der Waals surface area contributed by atoms with E-state index in [0.29, 0.717) is 12.0 Å². The van der Waals surface area contributed by atoms with Crippen LogP contribution in [-0.4, -0.2) is 12.7 Å². The summed E-state index contributed by atoms with van der Waals surface area (Å²) in [5.74, 6) is 0.687. The molecule has 0 N–H and O–H groups in total. The van der Waals surface area contributed by atoms with Crippen LogP contribution in [0.15, 0.2) is 12.2 Å². The Morgan fingerprint density at radius 1 is 1.08 bits per heavy atom. The van der Waals surface area contributed by atoms with Crippen LogP contribution >= 0.6 is 0 Å². The summed E-state index contributed by atoms with van der Waals surface area (Å²) in [7, 11) is 0. The average molecular weight is 184 g/mol. The summed E-state index contributed by atoms with van der Waals surface area (Å²) in [6.07, 6.45) is 8.55. The van der Waals surface area contributed by atoms with Crippen LogP contribution in [0.5, 0.6) is 0 Å². The van der Waals surface area contributed by atoms with Gasteiger partial charge in [-0.2, -0.15) is 0 Å². The molecule has 0 aliphatic heterocycles. The van der Waals surface area contributed by atoms with Gasteiger partial charge in [0.2, 0.25) is 0 Å². The first-order valence-electron chi connectivity index (χ1n) is 5.41.